The number of carboxylic acid groups (broad SMARTS) is 2. The summed E-state index contributed by atoms with van der Waals surface area (Å²) in [5.41, 5.74) is 0.417. The van der Waals surface area contributed by atoms with E-state index < -0.39 is 6.16 Å². The molecule has 0 unspecified atom stereocenters. The lowest BCUT2D eigenvalue weighted by molar-refractivity contribution is -0.286. The summed E-state index contributed by atoms with van der Waals surface area (Å²) in [4.78, 5) is 12.9. The number of rotatable bonds is 1. The minimum Gasteiger partial charge on any atom is -0.450 e. The molecule has 1 saturated carbocycles. The highest BCUT2D eigenvalue weighted by Crippen LogP contribution is 2.38. The van der Waals surface area contributed by atoms with Gasteiger partial charge in [-0.2, -0.15) is 0 Å². The van der Waals surface area contributed by atoms with Crippen molar-refractivity contribution in [2.75, 3.05) is 0 Å². The molecule has 0 heterocycles. The minimum absolute atomic E-state index is 0.101. The zero-order chi connectivity index (χ0) is 12.8. The van der Waals surface area contributed by atoms with Gasteiger partial charge < -0.3 is 10.2 Å². The second-order valence-corrected chi connectivity index (χ2v) is 5.23. The quantitative estimate of drug-likeness (QED) is 0.478. The first-order valence-electron chi connectivity index (χ1n) is 5.49. The fourth-order valence-electron chi connectivity index (χ4n) is 2.03. The summed E-state index contributed by atoms with van der Waals surface area (Å²) in [5, 5.41) is 22.4. The molecule has 0 aromatic carbocycles. The van der Waals surface area contributed by atoms with Crippen LogP contribution in [0.2, 0.25) is 0 Å². The molecule has 1 aliphatic rings. The van der Waals surface area contributed by atoms with Crippen molar-refractivity contribution in [3.05, 3.63) is 0 Å². The van der Waals surface area contributed by atoms with Gasteiger partial charge in [0, 0.05) is 0 Å². The molecule has 5 nitrogen and oxygen atoms in total. The second-order valence-electron chi connectivity index (χ2n) is 5.23. The van der Waals surface area contributed by atoms with Gasteiger partial charge >= 0.3 is 6.16 Å². The third-order valence-corrected chi connectivity index (χ3v) is 3.05. The monoisotopic (exact) mass is 234 g/mol. The maximum Gasteiger partial charge on any atom is 0.503 e. The average Bonchev–Trinajstić information content (AvgIpc) is 2.16. The summed E-state index contributed by atoms with van der Waals surface area (Å²) >= 11 is 0. The lowest BCUT2D eigenvalue weighted by atomic mass is 9.72. The van der Waals surface area contributed by atoms with E-state index in [-0.39, 0.29) is 6.10 Å². The highest BCUT2D eigenvalue weighted by Gasteiger charge is 2.29. The molecule has 5 heteroatoms. The van der Waals surface area contributed by atoms with Crippen LogP contribution in [0.5, 0.6) is 0 Å². The van der Waals surface area contributed by atoms with Gasteiger partial charge in [-0.1, -0.05) is 20.8 Å². The fourth-order valence-corrected chi connectivity index (χ4v) is 2.03. The second kappa shape index (κ2) is 6.70. The van der Waals surface area contributed by atoms with Crippen molar-refractivity contribution >= 4 is 6.16 Å². The molecule has 0 saturated heterocycles. The Morgan fingerprint density at radius 3 is 1.75 bits per heavy atom. The Bertz CT molecular complexity index is 197. The topological polar surface area (TPSA) is 87.0 Å². The fraction of sp³-hybridized carbons (Fsp3) is 0.909. The van der Waals surface area contributed by atoms with Crippen LogP contribution in [0.25, 0.3) is 0 Å². The van der Waals surface area contributed by atoms with E-state index in [4.69, 9.17) is 20.3 Å². The van der Waals surface area contributed by atoms with Gasteiger partial charge in [0.1, 0.15) is 0 Å². The van der Waals surface area contributed by atoms with Gasteiger partial charge in [0.25, 0.3) is 0 Å². The molecule has 0 radical (unpaired) electrons. The summed E-state index contributed by atoms with van der Waals surface area (Å²) in [6, 6.07) is 0. The lowest BCUT2D eigenvalue weighted by Gasteiger charge is -2.35. The van der Waals surface area contributed by atoms with Crippen LogP contribution in [0.3, 0.4) is 0 Å². The van der Waals surface area contributed by atoms with Crippen molar-refractivity contribution in [2.45, 2.75) is 52.6 Å². The van der Waals surface area contributed by atoms with E-state index in [0.29, 0.717) is 5.41 Å². The molecule has 1 aliphatic carbocycles. The van der Waals surface area contributed by atoms with Gasteiger partial charge in [-0.25, -0.2) is 9.68 Å². The van der Waals surface area contributed by atoms with Gasteiger partial charge in [-0.3, -0.25) is 5.26 Å². The smallest absolute Gasteiger partial charge is 0.450 e. The van der Waals surface area contributed by atoms with E-state index >= 15 is 0 Å². The highest BCUT2D eigenvalue weighted by molar-refractivity contribution is 5.53. The predicted octanol–water partition coefficient (Wildman–Crippen LogP) is 3.30. The molecular formula is C11H22O5. The van der Waals surface area contributed by atoms with Crippen LogP contribution in [-0.4, -0.2) is 27.7 Å². The number of hydrogen-bond donors (Lipinski definition) is 3. The van der Waals surface area contributed by atoms with Crippen LogP contribution in [0.4, 0.5) is 4.79 Å². The molecule has 0 aromatic heterocycles. The Hall–Kier alpha value is -0.810. The summed E-state index contributed by atoms with van der Waals surface area (Å²) in [5.74, 6) is 0.795. The van der Waals surface area contributed by atoms with Crippen molar-refractivity contribution in [3.8, 4) is 0 Å². The Kier molecular flexibility index (Phi) is 6.36. The van der Waals surface area contributed by atoms with Crippen LogP contribution in [0.15, 0.2) is 0 Å². The first-order chi connectivity index (χ1) is 7.27. The standard InChI is InChI=1S/C10H20O2.CH2O3/c1-10(2,3)8-4-6-9(12-11)7-5-8;2-1(3)4/h8-9,11H,4-7H2,1-3H3;(H2,2,3,4). The van der Waals surface area contributed by atoms with Crippen molar-refractivity contribution in [3.63, 3.8) is 0 Å². The van der Waals surface area contributed by atoms with Crippen LogP contribution in [0.1, 0.15) is 46.5 Å². The van der Waals surface area contributed by atoms with Crippen molar-refractivity contribution in [2.24, 2.45) is 11.3 Å². The third-order valence-electron chi connectivity index (χ3n) is 3.05. The summed E-state index contributed by atoms with van der Waals surface area (Å²) in [6.45, 7) is 6.87. The molecule has 0 amide bonds. The van der Waals surface area contributed by atoms with E-state index in [1.54, 1.807) is 0 Å². The molecule has 0 atom stereocenters. The molecule has 3 N–H and O–H groups in total. The van der Waals surface area contributed by atoms with Gasteiger partial charge in [0.2, 0.25) is 0 Å². The highest BCUT2D eigenvalue weighted by atomic mass is 17.1. The average molecular weight is 234 g/mol. The van der Waals surface area contributed by atoms with Crippen LogP contribution < -0.4 is 0 Å². The van der Waals surface area contributed by atoms with Gasteiger partial charge in [-0.05, 0) is 37.0 Å². The Labute approximate surface area is 96.0 Å². The van der Waals surface area contributed by atoms with Crippen molar-refractivity contribution in [1.29, 1.82) is 0 Å². The third kappa shape index (κ3) is 6.63. The first kappa shape index (κ1) is 15.2. The molecule has 0 spiro atoms. The summed E-state index contributed by atoms with van der Waals surface area (Å²) < 4.78 is 0. The number of hydrogen-bond acceptors (Lipinski definition) is 3. The van der Waals surface area contributed by atoms with Gasteiger partial charge in [-0.15, -0.1) is 0 Å². The van der Waals surface area contributed by atoms with E-state index in [2.05, 4.69) is 25.7 Å². The van der Waals surface area contributed by atoms with Crippen LogP contribution in [0, 0.1) is 11.3 Å². The molecule has 0 aromatic rings. The van der Waals surface area contributed by atoms with Gasteiger partial charge in [0.05, 0.1) is 6.10 Å². The zero-order valence-corrected chi connectivity index (χ0v) is 10.1. The molecule has 96 valence electrons. The first-order valence-corrected chi connectivity index (χ1v) is 5.49. The van der Waals surface area contributed by atoms with E-state index in [9.17, 15) is 0 Å². The van der Waals surface area contributed by atoms with E-state index in [0.717, 1.165) is 18.8 Å². The van der Waals surface area contributed by atoms with Crippen LogP contribution in [-0.2, 0) is 4.89 Å². The molecule has 0 aliphatic heterocycles. The maximum absolute atomic E-state index is 8.56. The van der Waals surface area contributed by atoms with Crippen molar-refractivity contribution < 1.29 is 25.2 Å². The molecule has 16 heavy (non-hydrogen) atoms. The minimum atomic E-state index is -1.83. The van der Waals surface area contributed by atoms with E-state index in [1.165, 1.54) is 12.8 Å². The summed E-state index contributed by atoms with van der Waals surface area (Å²) in [7, 11) is 0. The largest absolute Gasteiger partial charge is 0.503 e. The molecule has 1 fully saturated rings. The Morgan fingerprint density at radius 1 is 1.12 bits per heavy atom. The zero-order valence-electron chi connectivity index (χ0n) is 10.1. The SMILES string of the molecule is CC(C)(C)C1CCC(OO)CC1.O=C(O)O. The van der Waals surface area contributed by atoms with Gasteiger partial charge in [0.15, 0.2) is 0 Å². The maximum atomic E-state index is 8.56. The van der Waals surface area contributed by atoms with Crippen molar-refractivity contribution in [1.82, 2.24) is 0 Å². The van der Waals surface area contributed by atoms with E-state index in [1.807, 2.05) is 0 Å². The Morgan fingerprint density at radius 2 is 1.50 bits per heavy atom. The normalized spacial score (nSPS) is 25.5. The Balaban J connectivity index is 0.000000487. The number of carbonyl (C=O) groups is 1. The molecule has 0 bridgehead atoms. The van der Waals surface area contributed by atoms with Crippen LogP contribution >= 0.6 is 0 Å². The molecular weight excluding hydrogens is 212 g/mol. The summed E-state index contributed by atoms with van der Waals surface area (Å²) in [6.07, 6.45) is 2.67. The molecule has 1 rings (SSSR count). The predicted molar refractivity (Wildman–Crippen MR) is 59.6 cm³/mol. The lowest BCUT2D eigenvalue weighted by Crippen LogP contribution is -2.28.